The summed E-state index contributed by atoms with van der Waals surface area (Å²) in [6.45, 7) is 16.9. The lowest BCUT2D eigenvalue weighted by molar-refractivity contribution is -0.268. The van der Waals surface area contributed by atoms with Crippen molar-refractivity contribution in [3.05, 3.63) is 63.1 Å². The number of unbranched alkanes of at least 4 members (excludes halogenated alkanes) is 5. The minimum atomic E-state index is -0.398. The van der Waals surface area contributed by atoms with Crippen LogP contribution in [0.4, 0.5) is 0 Å². The Labute approximate surface area is 294 Å². The predicted octanol–water partition coefficient (Wildman–Crippen LogP) is 10.3. The lowest BCUT2D eigenvalue weighted by Crippen LogP contribution is -2.58. The van der Waals surface area contributed by atoms with Crippen molar-refractivity contribution in [3.63, 3.8) is 0 Å². The average Bonchev–Trinajstić information content (AvgIpc) is 3.07. The van der Waals surface area contributed by atoms with Gasteiger partial charge in [0.1, 0.15) is 36.3 Å². The molecule has 0 amide bonds. The van der Waals surface area contributed by atoms with Crippen LogP contribution in [0.3, 0.4) is 0 Å². The molecule has 5 atom stereocenters. The zero-order chi connectivity index (χ0) is 33.9. The molecule has 0 unspecified atom stereocenters. The monoisotopic (exact) mass is 718 g/mol. The number of benzene rings is 2. The first-order chi connectivity index (χ1) is 23.0. The van der Waals surface area contributed by atoms with Crippen LogP contribution in [0.25, 0.3) is 0 Å². The van der Waals surface area contributed by atoms with Crippen molar-refractivity contribution in [1.82, 2.24) is 0 Å². The lowest BCUT2D eigenvalue weighted by Gasteiger charge is -2.47. The third-order valence-electron chi connectivity index (χ3n) is 8.82. The number of hydrogen-bond acceptors (Lipinski definition) is 6. The summed E-state index contributed by atoms with van der Waals surface area (Å²) < 4.78 is 41.3. The molecule has 0 radical (unpaired) electrons. The zero-order valence-electron chi connectivity index (χ0n) is 30.2. The topological polar surface area (TPSA) is 55.4 Å². The Morgan fingerprint density at radius 2 is 1.21 bits per heavy atom. The summed E-state index contributed by atoms with van der Waals surface area (Å²) in [5.41, 5.74) is 4.74. The molecule has 1 aliphatic heterocycles. The summed E-state index contributed by atoms with van der Waals surface area (Å²) in [6.07, 6.45) is 9.46. The summed E-state index contributed by atoms with van der Waals surface area (Å²) in [5, 5.41) is 0. The van der Waals surface area contributed by atoms with Crippen molar-refractivity contribution in [2.45, 2.75) is 143 Å². The second-order valence-electron chi connectivity index (χ2n) is 12.9. The Kier molecular flexibility index (Phi) is 19.6. The minimum absolute atomic E-state index is 0.292. The van der Waals surface area contributed by atoms with E-state index in [0.717, 1.165) is 86.4 Å². The first kappa shape index (κ1) is 40.0. The second kappa shape index (κ2) is 23.0. The van der Waals surface area contributed by atoms with Gasteiger partial charge in [0.2, 0.25) is 0 Å². The van der Waals surface area contributed by atoms with E-state index in [1.807, 2.05) is 0 Å². The molecule has 6 nitrogen and oxygen atoms in total. The maximum atomic E-state index is 7.14. The molecule has 266 valence electrons. The molecule has 0 aromatic heterocycles. The van der Waals surface area contributed by atoms with Crippen LogP contribution in [0.2, 0.25) is 0 Å². The van der Waals surface area contributed by atoms with Crippen LogP contribution in [0.5, 0.6) is 5.75 Å². The molecule has 1 heterocycles. The van der Waals surface area contributed by atoms with E-state index in [4.69, 9.17) is 28.4 Å². The van der Waals surface area contributed by atoms with E-state index in [2.05, 4.69) is 93.9 Å². The summed E-state index contributed by atoms with van der Waals surface area (Å²) in [5.74, 6) is 0.868. The van der Waals surface area contributed by atoms with Gasteiger partial charge in [-0.1, -0.05) is 94.8 Å². The highest BCUT2D eigenvalue weighted by atomic mass is 79.9. The van der Waals surface area contributed by atoms with Crippen LogP contribution in [0.15, 0.2) is 40.9 Å². The number of aryl methyl sites for hydroxylation is 1. The highest BCUT2D eigenvalue weighted by Gasteiger charge is 2.49. The molecular formula is C40H63BrO6. The quantitative estimate of drug-likeness (QED) is 0.101. The van der Waals surface area contributed by atoms with Crippen molar-refractivity contribution < 1.29 is 28.4 Å². The fourth-order valence-electron chi connectivity index (χ4n) is 5.84. The molecule has 0 N–H and O–H groups in total. The maximum Gasteiger partial charge on any atom is 0.125 e. The molecule has 7 heteroatoms. The van der Waals surface area contributed by atoms with Crippen molar-refractivity contribution in [3.8, 4) is 5.75 Å². The van der Waals surface area contributed by atoms with Crippen molar-refractivity contribution in [1.29, 1.82) is 0 Å². The van der Waals surface area contributed by atoms with E-state index < -0.39 is 6.10 Å². The molecular weight excluding hydrogens is 656 g/mol. The maximum absolute atomic E-state index is 7.14. The molecule has 1 fully saturated rings. The van der Waals surface area contributed by atoms with Crippen LogP contribution in [-0.4, -0.2) is 64.1 Å². The van der Waals surface area contributed by atoms with Gasteiger partial charge < -0.3 is 28.4 Å². The summed E-state index contributed by atoms with van der Waals surface area (Å²) >= 11 is 3.59. The highest BCUT2D eigenvalue weighted by Crippen LogP contribution is 2.42. The van der Waals surface area contributed by atoms with Crippen LogP contribution in [-0.2, 0) is 30.1 Å². The molecule has 1 saturated heterocycles. The molecule has 2 aromatic carbocycles. The van der Waals surface area contributed by atoms with Crippen molar-refractivity contribution in [2.75, 3.05) is 39.6 Å². The van der Waals surface area contributed by atoms with Crippen LogP contribution in [0, 0.1) is 6.92 Å². The smallest absolute Gasteiger partial charge is 0.125 e. The Morgan fingerprint density at radius 3 is 1.83 bits per heavy atom. The zero-order valence-corrected chi connectivity index (χ0v) is 31.8. The number of hydrogen-bond donors (Lipinski definition) is 0. The normalized spacial score (nSPS) is 21.3. The van der Waals surface area contributed by atoms with Gasteiger partial charge in [0.05, 0.1) is 13.2 Å². The molecule has 0 aliphatic carbocycles. The molecule has 0 bridgehead atoms. The molecule has 3 rings (SSSR count). The van der Waals surface area contributed by atoms with Gasteiger partial charge in [-0.2, -0.15) is 0 Å². The lowest BCUT2D eigenvalue weighted by atomic mass is 9.87. The van der Waals surface area contributed by atoms with Gasteiger partial charge in [0, 0.05) is 36.5 Å². The third-order valence-corrected chi connectivity index (χ3v) is 9.35. The Hall–Kier alpha value is -1.48. The summed E-state index contributed by atoms with van der Waals surface area (Å²) in [6, 6.07) is 13.1. The Balaban J connectivity index is 2.12. The largest absolute Gasteiger partial charge is 0.493 e. The fraction of sp³-hybridized carbons (Fsp3) is 0.700. The van der Waals surface area contributed by atoms with E-state index in [0.29, 0.717) is 39.6 Å². The molecule has 0 spiro atoms. The Bertz CT molecular complexity index is 1110. The average molecular weight is 720 g/mol. The number of rotatable bonds is 24. The number of halogens is 1. The third kappa shape index (κ3) is 13.1. The van der Waals surface area contributed by atoms with Crippen molar-refractivity contribution in [2.24, 2.45) is 0 Å². The van der Waals surface area contributed by atoms with Gasteiger partial charge >= 0.3 is 0 Å². The van der Waals surface area contributed by atoms with Gasteiger partial charge in [-0.05, 0) is 86.4 Å². The highest BCUT2D eigenvalue weighted by molar-refractivity contribution is 9.10. The van der Waals surface area contributed by atoms with E-state index in [-0.39, 0.29) is 24.4 Å². The van der Waals surface area contributed by atoms with Crippen LogP contribution >= 0.6 is 15.9 Å². The fourth-order valence-corrected chi connectivity index (χ4v) is 6.11. The SMILES string of the molecule is CCCCOC[C@H]1O[C@@H](c2cc(Cc3ccc(Br)cc3)c(C)cc2OCCCC)[C@H](OCCCC)[C@@H](OCCCC)[C@@H]1OCCCC. The molecule has 0 saturated carbocycles. The van der Waals surface area contributed by atoms with E-state index in [1.54, 1.807) is 0 Å². The minimum Gasteiger partial charge on any atom is -0.493 e. The van der Waals surface area contributed by atoms with Crippen molar-refractivity contribution >= 4 is 15.9 Å². The van der Waals surface area contributed by atoms with Gasteiger partial charge in [-0.25, -0.2) is 0 Å². The van der Waals surface area contributed by atoms with Gasteiger partial charge in [-0.15, -0.1) is 0 Å². The summed E-state index contributed by atoms with van der Waals surface area (Å²) in [7, 11) is 0. The number of ether oxygens (including phenoxy) is 6. The van der Waals surface area contributed by atoms with Gasteiger partial charge in [0.25, 0.3) is 0 Å². The van der Waals surface area contributed by atoms with Crippen LogP contribution in [0.1, 0.15) is 127 Å². The standard InChI is InChI=1S/C40H63BrO6/c1-7-12-21-42-29-36-38(44-23-14-9-3)40(46-25-16-11-5)39(45-24-15-10-4)37(47-36)34-28-32(27-31-17-19-33(41)20-18-31)30(6)26-35(34)43-22-13-8-2/h17-20,26,28,36-40H,7-16,21-25,27,29H2,1-6H3/t36-,37+,38-,39+,40+/m1/s1. The predicted molar refractivity (Wildman–Crippen MR) is 196 cm³/mol. The first-order valence-corrected chi connectivity index (χ1v) is 19.3. The van der Waals surface area contributed by atoms with E-state index in [9.17, 15) is 0 Å². The first-order valence-electron chi connectivity index (χ1n) is 18.6. The second-order valence-corrected chi connectivity index (χ2v) is 13.8. The Morgan fingerprint density at radius 1 is 0.660 bits per heavy atom. The van der Waals surface area contributed by atoms with E-state index in [1.165, 1.54) is 16.7 Å². The molecule has 47 heavy (non-hydrogen) atoms. The molecule has 2 aromatic rings. The summed E-state index contributed by atoms with van der Waals surface area (Å²) in [4.78, 5) is 0. The van der Waals surface area contributed by atoms with E-state index >= 15 is 0 Å². The molecule has 1 aliphatic rings. The van der Waals surface area contributed by atoms with Gasteiger partial charge in [0.15, 0.2) is 0 Å². The van der Waals surface area contributed by atoms with Gasteiger partial charge in [-0.3, -0.25) is 0 Å². The van der Waals surface area contributed by atoms with Crippen LogP contribution < -0.4 is 4.74 Å².